The van der Waals surface area contributed by atoms with E-state index >= 15 is 0 Å². The maximum atomic E-state index is 12.5. The molecule has 0 aliphatic carbocycles. The lowest BCUT2D eigenvalue weighted by Gasteiger charge is -2.36. The Labute approximate surface area is 202 Å². The van der Waals surface area contributed by atoms with Crippen molar-refractivity contribution >= 4 is 40.0 Å². The smallest absolute Gasteiger partial charge is 0.308 e. The number of carboxylic acids is 1. The number of aromatic nitrogens is 1. The second kappa shape index (κ2) is 11.2. The van der Waals surface area contributed by atoms with Crippen molar-refractivity contribution in [2.75, 3.05) is 32.5 Å². The first-order valence-corrected chi connectivity index (χ1v) is 13.2. The first-order chi connectivity index (χ1) is 16.0. The summed E-state index contributed by atoms with van der Waals surface area (Å²) in [6, 6.07) is 13.4. The number of ether oxygens (including phenoxy) is 1. The number of methoxy groups -OCH3 is 1. The van der Waals surface area contributed by atoms with E-state index in [1.165, 1.54) is 4.21 Å². The Kier molecular flexibility index (Phi) is 8.11. The van der Waals surface area contributed by atoms with Crippen molar-refractivity contribution in [1.29, 1.82) is 0 Å². The van der Waals surface area contributed by atoms with Crippen molar-refractivity contribution < 1.29 is 14.6 Å². The molecule has 33 heavy (non-hydrogen) atoms. The Morgan fingerprint density at radius 2 is 2.09 bits per heavy atom. The lowest BCUT2D eigenvalue weighted by molar-refractivity contribution is -0.146. The molecule has 6 nitrogen and oxygen atoms in total. The molecule has 1 aromatic carbocycles. The summed E-state index contributed by atoms with van der Waals surface area (Å²) >= 11 is 3.58. The molecular formula is C25H30N2O4S2. The SMILES string of the molecule is COc1ccc2ccc(=O)n(CCCC3CCN(CCSc4cccs4)CC3C(=O)O)c2c1. The molecule has 1 fully saturated rings. The van der Waals surface area contributed by atoms with Gasteiger partial charge in [0, 0.05) is 37.5 Å². The predicted molar refractivity (Wildman–Crippen MR) is 135 cm³/mol. The lowest BCUT2D eigenvalue weighted by atomic mass is 9.82. The van der Waals surface area contributed by atoms with Gasteiger partial charge < -0.3 is 19.3 Å². The fourth-order valence-corrected chi connectivity index (χ4v) is 6.52. The van der Waals surface area contributed by atoms with Crippen molar-refractivity contribution in [3.63, 3.8) is 0 Å². The molecule has 1 N–H and O–H groups in total. The third-order valence-electron chi connectivity index (χ3n) is 6.46. The Morgan fingerprint density at radius 1 is 1.24 bits per heavy atom. The van der Waals surface area contributed by atoms with E-state index < -0.39 is 5.97 Å². The fraction of sp³-hybridized carbons (Fsp3) is 0.440. The van der Waals surface area contributed by atoms with Gasteiger partial charge in [-0.1, -0.05) is 6.07 Å². The van der Waals surface area contributed by atoms with Crippen LogP contribution in [0.15, 0.2) is 56.8 Å². The zero-order valence-electron chi connectivity index (χ0n) is 18.8. The third-order valence-corrected chi connectivity index (χ3v) is 8.57. The van der Waals surface area contributed by atoms with Gasteiger partial charge in [-0.2, -0.15) is 0 Å². The topological polar surface area (TPSA) is 71.8 Å². The Bertz CT molecular complexity index is 1130. The number of thioether (sulfide) groups is 1. The van der Waals surface area contributed by atoms with Gasteiger partial charge in [0.1, 0.15) is 5.75 Å². The standard InChI is InChI=1S/C25H30N2O4S2/c1-31-20-8-6-19-7-9-23(28)27(22(19)16-20)11-2-4-18-10-12-26(17-21(18)25(29)30)13-15-33-24-5-3-14-32-24/h3,5-9,14,16,18,21H,2,4,10-13,15,17H2,1H3,(H,29,30). The van der Waals surface area contributed by atoms with Crippen LogP contribution in [-0.2, 0) is 11.3 Å². The second-order valence-corrected chi connectivity index (χ2v) is 10.8. The lowest BCUT2D eigenvalue weighted by Crippen LogP contribution is -2.44. The largest absolute Gasteiger partial charge is 0.497 e. The van der Waals surface area contributed by atoms with Crippen LogP contribution in [-0.4, -0.2) is 53.0 Å². The number of likely N-dealkylation sites (tertiary alicyclic amines) is 1. The van der Waals surface area contributed by atoms with E-state index in [1.54, 1.807) is 29.1 Å². The highest BCUT2D eigenvalue weighted by molar-refractivity contribution is 8.01. The maximum Gasteiger partial charge on any atom is 0.308 e. The van der Waals surface area contributed by atoms with Gasteiger partial charge in [-0.05, 0) is 66.8 Å². The van der Waals surface area contributed by atoms with Crippen molar-refractivity contribution in [2.45, 2.75) is 30.0 Å². The number of carboxylic acid groups (broad SMARTS) is 1. The summed E-state index contributed by atoms with van der Waals surface area (Å²) in [6.45, 7) is 3.03. The number of pyridine rings is 1. The first-order valence-electron chi connectivity index (χ1n) is 11.3. The van der Waals surface area contributed by atoms with Crippen molar-refractivity contribution in [2.24, 2.45) is 11.8 Å². The number of fused-ring (bicyclic) bond motifs is 1. The van der Waals surface area contributed by atoms with Crippen LogP contribution in [0.4, 0.5) is 0 Å². The van der Waals surface area contributed by atoms with Gasteiger partial charge in [0.25, 0.3) is 5.56 Å². The molecule has 2 aromatic heterocycles. The molecule has 0 amide bonds. The minimum absolute atomic E-state index is 0.0383. The molecule has 0 radical (unpaired) electrons. The van der Waals surface area contributed by atoms with Crippen LogP contribution in [0.3, 0.4) is 0 Å². The molecule has 1 saturated heterocycles. The zero-order valence-corrected chi connectivity index (χ0v) is 20.4. The first kappa shape index (κ1) is 23.9. The molecular weight excluding hydrogens is 456 g/mol. The van der Waals surface area contributed by atoms with Gasteiger partial charge >= 0.3 is 5.97 Å². The highest BCUT2D eigenvalue weighted by atomic mass is 32.2. The highest BCUT2D eigenvalue weighted by Crippen LogP contribution is 2.30. The quantitative estimate of drug-likeness (QED) is 0.420. The molecule has 3 heterocycles. The summed E-state index contributed by atoms with van der Waals surface area (Å²) < 4.78 is 8.42. The normalized spacial score (nSPS) is 19.1. The van der Waals surface area contributed by atoms with Gasteiger partial charge in [0.05, 0.1) is 22.8 Å². The zero-order chi connectivity index (χ0) is 23.2. The molecule has 2 atom stereocenters. The number of rotatable bonds is 10. The average molecular weight is 487 g/mol. The Morgan fingerprint density at radius 3 is 2.85 bits per heavy atom. The molecule has 0 bridgehead atoms. The van der Waals surface area contributed by atoms with Gasteiger partial charge in [0.2, 0.25) is 0 Å². The molecule has 4 rings (SSSR count). The van der Waals surface area contributed by atoms with Crippen molar-refractivity contribution in [1.82, 2.24) is 9.47 Å². The minimum atomic E-state index is -0.706. The maximum absolute atomic E-state index is 12.5. The predicted octanol–water partition coefficient (Wildman–Crippen LogP) is 4.67. The van der Waals surface area contributed by atoms with Crippen LogP contribution in [0.2, 0.25) is 0 Å². The Balaban J connectivity index is 1.34. The summed E-state index contributed by atoms with van der Waals surface area (Å²) in [7, 11) is 1.62. The fourth-order valence-electron chi connectivity index (χ4n) is 4.65. The summed E-state index contributed by atoms with van der Waals surface area (Å²) in [5, 5.41) is 12.9. The summed E-state index contributed by atoms with van der Waals surface area (Å²) in [6.07, 6.45) is 2.47. The van der Waals surface area contributed by atoms with Crippen LogP contribution in [0, 0.1) is 11.8 Å². The minimum Gasteiger partial charge on any atom is -0.497 e. The van der Waals surface area contributed by atoms with E-state index in [2.05, 4.69) is 22.4 Å². The second-order valence-electron chi connectivity index (χ2n) is 8.46. The summed E-state index contributed by atoms with van der Waals surface area (Å²) in [5.74, 6) is 0.782. The Hall–Kier alpha value is -2.29. The van der Waals surface area contributed by atoms with E-state index in [-0.39, 0.29) is 17.4 Å². The molecule has 1 aliphatic rings. The average Bonchev–Trinajstić information content (AvgIpc) is 3.34. The number of nitrogens with zero attached hydrogens (tertiary/aromatic N) is 2. The molecule has 176 valence electrons. The van der Waals surface area contributed by atoms with Crippen LogP contribution in [0.1, 0.15) is 19.3 Å². The number of carbonyl (C=O) groups is 1. The molecule has 1 aliphatic heterocycles. The number of hydrogen-bond acceptors (Lipinski definition) is 6. The number of aryl methyl sites for hydroxylation is 1. The number of benzene rings is 1. The van der Waals surface area contributed by atoms with Gasteiger partial charge in [-0.25, -0.2) is 0 Å². The summed E-state index contributed by atoms with van der Waals surface area (Å²) in [4.78, 5) is 26.8. The molecule has 0 saturated carbocycles. The van der Waals surface area contributed by atoms with E-state index in [4.69, 9.17) is 4.74 Å². The van der Waals surface area contributed by atoms with E-state index in [0.717, 1.165) is 54.8 Å². The van der Waals surface area contributed by atoms with Crippen LogP contribution >= 0.6 is 23.1 Å². The number of piperidine rings is 1. The van der Waals surface area contributed by atoms with Crippen LogP contribution in [0.25, 0.3) is 10.9 Å². The van der Waals surface area contributed by atoms with Gasteiger partial charge in [-0.3, -0.25) is 9.59 Å². The molecule has 0 spiro atoms. The van der Waals surface area contributed by atoms with Gasteiger partial charge in [-0.15, -0.1) is 23.1 Å². The number of hydrogen-bond donors (Lipinski definition) is 1. The van der Waals surface area contributed by atoms with E-state index in [9.17, 15) is 14.7 Å². The van der Waals surface area contributed by atoms with Gasteiger partial charge in [0.15, 0.2) is 0 Å². The molecule has 3 aromatic rings. The monoisotopic (exact) mass is 486 g/mol. The van der Waals surface area contributed by atoms with E-state index in [0.29, 0.717) is 13.1 Å². The van der Waals surface area contributed by atoms with E-state index in [1.807, 2.05) is 36.0 Å². The highest BCUT2D eigenvalue weighted by Gasteiger charge is 2.33. The molecule has 2 unspecified atom stereocenters. The summed E-state index contributed by atoms with van der Waals surface area (Å²) in [5.41, 5.74) is 0.818. The van der Waals surface area contributed by atoms with Crippen molar-refractivity contribution in [3.8, 4) is 5.75 Å². The molecule has 8 heteroatoms. The number of thiophene rings is 1. The third kappa shape index (κ3) is 5.99. The number of aliphatic carboxylic acids is 1. The van der Waals surface area contributed by atoms with Crippen molar-refractivity contribution in [3.05, 3.63) is 58.2 Å². The van der Waals surface area contributed by atoms with Crippen LogP contribution < -0.4 is 10.3 Å². The van der Waals surface area contributed by atoms with Crippen LogP contribution in [0.5, 0.6) is 5.75 Å².